The van der Waals surface area contributed by atoms with Crippen molar-refractivity contribution >= 4 is 0 Å². The quantitative estimate of drug-likeness (QED) is 0.675. The van der Waals surface area contributed by atoms with Crippen molar-refractivity contribution in [2.75, 3.05) is 13.2 Å². The van der Waals surface area contributed by atoms with Crippen LogP contribution < -0.4 is 5.48 Å². The fourth-order valence-electron chi connectivity index (χ4n) is 1.27. The second-order valence-electron chi connectivity index (χ2n) is 3.96. The summed E-state index contributed by atoms with van der Waals surface area (Å²) in [6.07, 6.45) is 1.75. The lowest BCUT2D eigenvalue weighted by molar-refractivity contribution is 0.0736. The molecule has 0 radical (unpaired) electrons. The van der Waals surface area contributed by atoms with Gasteiger partial charge >= 0.3 is 0 Å². The first-order valence-electron chi connectivity index (χ1n) is 4.57. The lowest BCUT2D eigenvalue weighted by Crippen LogP contribution is -2.17. The zero-order valence-electron chi connectivity index (χ0n) is 8.27. The average molecular weight is 198 g/mol. The minimum Gasteiger partial charge on any atom is -0.384 e. The van der Waals surface area contributed by atoms with E-state index in [9.17, 15) is 5.11 Å². The van der Waals surface area contributed by atoms with E-state index < -0.39 is 5.60 Å². The van der Waals surface area contributed by atoms with Gasteiger partial charge in [0.05, 0.1) is 18.8 Å². The Labute approximate surface area is 81.8 Å². The van der Waals surface area contributed by atoms with Crippen molar-refractivity contribution in [1.82, 2.24) is 20.5 Å². The Balaban J connectivity index is 2.17. The molecule has 0 unspecified atom stereocenters. The zero-order valence-corrected chi connectivity index (χ0v) is 8.27. The third-order valence-corrected chi connectivity index (χ3v) is 2.21. The molecule has 0 aromatic carbocycles. The van der Waals surface area contributed by atoms with Crippen molar-refractivity contribution in [2.45, 2.75) is 25.5 Å². The van der Waals surface area contributed by atoms with E-state index in [4.69, 9.17) is 4.84 Å². The summed E-state index contributed by atoms with van der Waals surface area (Å²) in [6, 6.07) is 0.165. The topological polar surface area (TPSA) is 72.2 Å². The van der Waals surface area contributed by atoms with E-state index in [1.165, 1.54) is 0 Å². The molecule has 1 aromatic rings. The summed E-state index contributed by atoms with van der Waals surface area (Å²) in [5, 5.41) is 17.5. The first kappa shape index (κ1) is 9.57. The molecule has 1 fully saturated rings. The Morgan fingerprint density at radius 3 is 3.00 bits per heavy atom. The highest BCUT2D eigenvalue weighted by Crippen LogP contribution is 2.18. The van der Waals surface area contributed by atoms with Gasteiger partial charge in [-0.3, -0.25) is 4.84 Å². The normalized spacial score (nSPS) is 22.9. The van der Waals surface area contributed by atoms with Crippen molar-refractivity contribution in [2.24, 2.45) is 0 Å². The SMILES string of the molecule is CC(C)(O)c1cn([C@H]2CNOC2)nn1. The van der Waals surface area contributed by atoms with Gasteiger partial charge in [-0.15, -0.1) is 5.10 Å². The molecule has 1 aliphatic heterocycles. The van der Waals surface area contributed by atoms with Gasteiger partial charge in [-0.25, -0.2) is 10.2 Å². The monoisotopic (exact) mass is 198 g/mol. The van der Waals surface area contributed by atoms with Crippen LogP contribution in [0.25, 0.3) is 0 Å². The zero-order chi connectivity index (χ0) is 10.2. The molecule has 2 rings (SSSR count). The van der Waals surface area contributed by atoms with Crippen molar-refractivity contribution in [3.05, 3.63) is 11.9 Å². The minimum atomic E-state index is -0.939. The molecule has 2 N–H and O–H groups in total. The van der Waals surface area contributed by atoms with Crippen molar-refractivity contribution < 1.29 is 9.94 Å². The van der Waals surface area contributed by atoms with Gasteiger partial charge < -0.3 is 5.11 Å². The number of nitrogens with zero attached hydrogens (tertiary/aromatic N) is 3. The fraction of sp³-hybridized carbons (Fsp3) is 0.750. The van der Waals surface area contributed by atoms with Crippen LogP contribution in [-0.2, 0) is 10.4 Å². The van der Waals surface area contributed by atoms with Gasteiger partial charge in [-0.05, 0) is 13.8 Å². The maximum atomic E-state index is 9.68. The Morgan fingerprint density at radius 2 is 2.50 bits per heavy atom. The molecule has 0 aliphatic carbocycles. The average Bonchev–Trinajstić information content (AvgIpc) is 2.73. The summed E-state index contributed by atoms with van der Waals surface area (Å²) in [7, 11) is 0. The molecule has 0 spiro atoms. The minimum absolute atomic E-state index is 0.165. The lowest BCUT2D eigenvalue weighted by atomic mass is 10.1. The standard InChI is InChI=1S/C8H14N4O2/c1-8(2,13)7-4-12(11-10-7)6-3-9-14-5-6/h4,6,9,13H,3,5H2,1-2H3/t6-/m0/s1. The number of aliphatic hydroxyl groups is 1. The predicted octanol–water partition coefficient (Wildman–Crippen LogP) is -0.419. The predicted molar refractivity (Wildman–Crippen MR) is 48.3 cm³/mol. The summed E-state index contributed by atoms with van der Waals surface area (Å²) in [5.74, 6) is 0. The summed E-state index contributed by atoms with van der Waals surface area (Å²) >= 11 is 0. The highest BCUT2D eigenvalue weighted by atomic mass is 16.7. The number of hydrogen-bond donors (Lipinski definition) is 2. The van der Waals surface area contributed by atoms with Crippen LogP contribution in [0.4, 0.5) is 0 Å². The molecule has 0 saturated carbocycles. The highest BCUT2D eigenvalue weighted by Gasteiger charge is 2.24. The van der Waals surface area contributed by atoms with Crippen LogP contribution in [0.1, 0.15) is 25.6 Å². The second kappa shape index (κ2) is 3.30. The third kappa shape index (κ3) is 1.77. The van der Waals surface area contributed by atoms with Crippen LogP contribution in [0.5, 0.6) is 0 Å². The molecule has 2 heterocycles. The van der Waals surface area contributed by atoms with Crippen LogP contribution in [0.3, 0.4) is 0 Å². The van der Waals surface area contributed by atoms with Gasteiger partial charge in [0.25, 0.3) is 0 Å². The van der Waals surface area contributed by atoms with Crippen LogP contribution in [0.15, 0.2) is 6.20 Å². The molecule has 78 valence electrons. The Hall–Kier alpha value is -0.980. The Morgan fingerprint density at radius 1 is 1.71 bits per heavy atom. The van der Waals surface area contributed by atoms with E-state index >= 15 is 0 Å². The Bertz CT molecular complexity index is 311. The van der Waals surface area contributed by atoms with E-state index in [1.807, 2.05) is 0 Å². The van der Waals surface area contributed by atoms with Crippen LogP contribution in [0.2, 0.25) is 0 Å². The van der Waals surface area contributed by atoms with Gasteiger partial charge in [0.1, 0.15) is 11.3 Å². The molecule has 1 aliphatic rings. The third-order valence-electron chi connectivity index (χ3n) is 2.21. The largest absolute Gasteiger partial charge is 0.384 e. The van der Waals surface area contributed by atoms with E-state index in [2.05, 4.69) is 15.8 Å². The van der Waals surface area contributed by atoms with Gasteiger partial charge in [0.2, 0.25) is 0 Å². The molecule has 0 amide bonds. The summed E-state index contributed by atoms with van der Waals surface area (Å²) in [6.45, 7) is 4.67. The number of aromatic nitrogens is 3. The molecule has 1 atom stereocenters. The van der Waals surface area contributed by atoms with E-state index in [0.717, 1.165) is 0 Å². The summed E-state index contributed by atoms with van der Waals surface area (Å²) < 4.78 is 1.72. The first-order chi connectivity index (χ1) is 6.57. The van der Waals surface area contributed by atoms with Crippen LogP contribution in [-0.4, -0.2) is 33.3 Å². The van der Waals surface area contributed by atoms with Crippen molar-refractivity contribution in [1.29, 1.82) is 0 Å². The van der Waals surface area contributed by atoms with Gasteiger partial charge in [0.15, 0.2) is 0 Å². The second-order valence-corrected chi connectivity index (χ2v) is 3.96. The molecule has 1 saturated heterocycles. The molecule has 1 aromatic heterocycles. The maximum absolute atomic E-state index is 9.68. The fourth-order valence-corrected chi connectivity index (χ4v) is 1.27. The molecule has 14 heavy (non-hydrogen) atoms. The lowest BCUT2D eigenvalue weighted by Gasteiger charge is -2.12. The van der Waals surface area contributed by atoms with Crippen molar-refractivity contribution in [3.8, 4) is 0 Å². The first-order valence-corrected chi connectivity index (χ1v) is 4.57. The van der Waals surface area contributed by atoms with E-state index in [-0.39, 0.29) is 6.04 Å². The smallest absolute Gasteiger partial charge is 0.114 e. The van der Waals surface area contributed by atoms with Gasteiger partial charge in [0, 0.05) is 6.54 Å². The van der Waals surface area contributed by atoms with E-state index in [0.29, 0.717) is 18.8 Å². The number of rotatable bonds is 2. The molecular formula is C8H14N4O2. The summed E-state index contributed by atoms with van der Waals surface area (Å²) in [4.78, 5) is 5.01. The number of hydrogen-bond acceptors (Lipinski definition) is 5. The van der Waals surface area contributed by atoms with E-state index in [1.54, 1.807) is 24.7 Å². The number of hydroxylamine groups is 1. The molecule has 6 nitrogen and oxygen atoms in total. The highest BCUT2D eigenvalue weighted by molar-refractivity contribution is 5.03. The van der Waals surface area contributed by atoms with Gasteiger partial charge in [-0.2, -0.15) is 0 Å². The Kier molecular flexibility index (Phi) is 2.26. The molecular weight excluding hydrogens is 184 g/mol. The maximum Gasteiger partial charge on any atom is 0.114 e. The molecule has 0 bridgehead atoms. The van der Waals surface area contributed by atoms with Gasteiger partial charge in [-0.1, -0.05) is 5.21 Å². The van der Waals surface area contributed by atoms with Crippen LogP contribution in [0, 0.1) is 0 Å². The summed E-state index contributed by atoms with van der Waals surface area (Å²) in [5.41, 5.74) is 2.40. The molecule has 6 heteroatoms. The number of nitrogens with one attached hydrogen (secondary N) is 1. The van der Waals surface area contributed by atoms with Crippen molar-refractivity contribution in [3.63, 3.8) is 0 Å². The van der Waals surface area contributed by atoms with Crippen LogP contribution >= 0.6 is 0 Å².